The van der Waals surface area contributed by atoms with Crippen molar-refractivity contribution in [2.24, 2.45) is 0 Å². The highest BCUT2D eigenvalue weighted by Crippen LogP contribution is 2.31. The summed E-state index contributed by atoms with van der Waals surface area (Å²) in [5, 5.41) is 2.77. The van der Waals surface area contributed by atoms with Gasteiger partial charge in [-0.1, -0.05) is 0 Å². The van der Waals surface area contributed by atoms with E-state index in [0.717, 1.165) is 4.31 Å². The first-order valence-electron chi connectivity index (χ1n) is 6.30. The Morgan fingerprint density at radius 3 is 2.33 bits per heavy atom. The van der Waals surface area contributed by atoms with Crippen LogP contribution in [0.5, 0.6) is 0 Å². The fraction of sp³-hybridized carbons (Fsp3) is 0.500. The van der Waals surface area contributed by atoms with E-state index in [1.807, 2.05) is 0 Å². The predicted octanol–water partition coefficient (Wildman–Crippen LogP) is 1.62. The molecule has 1 aliphatic heterocycles. The minimum atomic E-state index is -4.65. The molecule has 0 aliphatic carbocycles. The second-order valence-corrected chi connectivity index (χ2v) is 6.59. The molecule has 1 fully saturated rings. The third kappa shape index (κ3) is 2.77. The summed E-state index contributed by atoms with van der Waals surface area (Å²) in [7, 11) is -3.05. The second-order valence-electron chi connectivity index (χ2n) is 4.77. The fourth-order valence-corrected chi connectivity index (χ4v) is 4.28. The van der Waals surface area contributed by atoms with Crippen molar-refractivity contribution >= 4 is 10.0 Å². The lowest BCUT2D eigenvalue weighted by atomic mass is 10.2. The van der Waals surface area contributed by atoms with Gasteiger partial charge in [-0.2, -0.15) is 4.31 Å². The molecule has 1 heterocycles. The molecule has 1 N–H and O–H groups in total. The largest absolute Gasteiger partial charge is 0.318 e. The number of sulfonamides is 1. The van der Waals surface area contributed by atoms with Gasteiger partial charge >= 0.3 is 0 Å². The topological polar surface area (TPSA) is 49.4 Å². The van der Waals surface area contributed by atoms with E-state index in [0.29, 0.717) is 12.8 Å². The average Bonchev–Trinajstić information content (AvgIpc) is 2.86. The summed E-state index contributed by atoms with van der Waals surface area (Å²) in [4.78, 5) is -1.57. The van der Waals surface area contributed by atoms with E-state index >= 15 is 0 Å². The molecule has 0 spiro atoms. The molecule has 9 heteroatoms. The lowest BCUT2D eigenvalue weighted by Crippen LogP contribution is -2.41. The number of halogens is 4. The number of nitrogens with zero attached hydrogens (tertiary/aromatic N) is 1. The van der Waals surface area contributed by atoms with Gasteiger partial charge in [0.2, 0.25) is 10.0 Å². The summed E-state index contributed by atoms with van der Waals surface area (Å²) >= 11 is 0. The normalized spacial score (nSPS) is 20.1. The van der Waals surface area contributed by atoms with Crippen LogP contribution in [0, 0.1) is 23.3 Å². The van der Waals surface area contributed by atoms with E-state index in [1.165, 1.54) is 0 Å². The van der Waals surface area contributed by atoms with E-state index in [-0.39, 0.29) is 19.2 Å². The van der Waals surface area contributed by atoms with Crippen LogP contribution in [0.1, 0.15) is 12.8 Å². The Morgan fingerprint density at radius 2 is 1.81 bits per heavy atom. The van der Waals surface area contributed by atoms with Crippen molar-refractivity contribution in [3.05, 3.63) is 29.3 Å². The fourth-order valence-electron chi connectivity index (χ4n) is 2.46. The van der Waals surface area contributed by atoms with Gasteiger partial charge in [0.25, 0.3) is 0 Å². The number of rotatable bonds is 4. The zero-order chi connectivity index (χ0) is 15.8. The van der Waals surface area contributed by atoms with Crippen LogP contribution in [-0.4, -0.2) is 38.9 Å². The smallest absolute Gasteiger partial charge is 0.249 e. The van der Waals surface area contributed by atoms with Crippen LogP contribution in [0.25, 0.3) is 0 Å². The van der Waals surface area contributed by atoms with Crippen molar-refractivity contribution in [2.45, 2.75) is 23.8 Å². The summed E-state index contributed by atoms with van der Waals surface area (Å²) in [6.07, 6.45) is 1.01. The Balaban J connectivity index is 2.55. The molecule has 0 aromatic heterocycles. The summed E-state index contributed by atoms with van der Waals surface area (Å²) in [6, 6.07) is -0.524. The van der Waals surface area contributed by atoms with Crippen LogP contribution < -0.4 is 5.32 Å². The molecule has 0 radical (unpaired) electrons. The van der Waals surface area contributed by atoms with Gasteiger partial charge in [-0.05, 0) is 19.9 Å². The van der Waals surface area contributed by atoms with Crippen LogP contribution in [-0.2, 0) is 10.0 Å². The van der Waals surface area contributed by atoms with E-state index < -0.39 is 44.2 Å². The number of hydrogen-bond acceptors (Lipinski definition) is 3. The summed E-state index contributed by atoms with van der Waals surface area (Å²) < 4.78 is 79.4. The molecule has 0 saturated carbocycles. The van der Waals surface area contributed by atoms with Crippen LogP contribution in [0.4, 0.5) is 17.6 Å². The van der Waals surface area contributed by atoms with Gasteiger partial charge in [-0.3, -0.25) is 0 Å². The summed E-state index contributed by atoms with van der Waals surface area (Å²) in [6.45, 7) is 0.325. The first kappa shape index (κ1) is 16.2. The molecule has 1 unspecified atom stereocenters. The average molecular weight is 326 g/mol. The van der Waals surface area contributed by atoms with Crippen LogP contribution in [0.15, 0.2) is 11.0 Å². The second kappa shape index (κ2) is 5.90. The summed E-state index contributed by atoms with van der Waals surface area (Å²) in [5.41, 5.74) is 0. The van der Waals surface area contributed by atoms with E-state index in [1.54, 1.807) is 7.05 Å². The van der Waals surface area contributed by atoms with E-state index in [4.69, 9.17) is 0 Å². The molecule has 1 aliphatic rings. The highest BCUT2D eigenvalue weighted by Gasteiger charge is 2.40. The maximum Gasteiger partial charge on any atom is 0.249 e. The third-order valence-electron chi connectivity index (χ3n) is 3.40. The van der Waals surface area contributed by atoms with Gasteiger partial charge in [-0.15, -0.1) is 0 Å². The van der Waals surface area contributed by atoms with Crippen molar-refractivity contribution in [3.8, 4) is 0 Å². The number of nitrogens with one attached hydrogen (secondary N) is 1. The SMILES string of the molecule is CNCC1CCCN1S(=O)(=O)c1c(F)c(F)cc(F)c1F. The molecule has 21 heavy (non-hydrogen) atoms. The molecule has 1 aromatic rings. The van der Waals surface area contributed by atoms with Crippen molar-refractivity contribution in [1.82, 2.24) is 9.62 Å². The van der Waals surface area contributed by atoms with Crippen LogP contribution >= 0.6 is 0 Å². The number of benzene rings is 1. The van der Waals surface area contributed by atoms with Crippen molar-refractivity contribution in [2.75, 3.05) is 20.1 Å². The highest BCUT2D eigenvalue weighted by atomic mass is 32.2. The Labute approximate surface area is 119 Å². The van der Waals surface area contributed by atoms with Crippen molar-refractivity contribution in [3.63, 3.8) is 0 Å². The molecule has 4 nitrogen and oxygen atoms in total. The first-order valence-corrected chi connectivity index (χ1v) is 7.74. The molecular weight excluding hydrogens is 312 g/mol. The molecule has 1 aromatic carbocycles. The Kier molecular flexibility index (Phi) is 4.54. The number of hydrogen-bond donors (Lipinski definition) is 1. The Hall–Kier alpha value is -1.19. The van der Waals surface area contributed by atoms with Gasteiger partial charge in [-0.25, -0.2) is 26.0 Å². The predicted molar refractivity (Wildman–Crippen MR) is 67.1 cm³/mol. The maximum absolute atomic E-state index is 13.7. The standard InChI is InChI=1S/C12H14F4N2O2S/c1-17-6-7-3-2-4-18(7)21(19,20)12-10(15)8(13)5-9(14)11(12)16/h5,7,17H,2-4,6H2,1H3. The van der Waals surface area contributed by atoms with Gasteiger partial charge < -0.3 is 5.32 Å². The third-order valence-corrected chi connectivity index (χ3v) is 5.37. The van der Waals surface area contributed by atoms with Crippen molar-refractivity contribution < 1.29 is 26.0 Å². The highest BCUT2D eigenvalue weighted by molar-refractivity contribution is 7.89. The lowest BCUT2D eigenvalue weighted by molar-refractivity contribution is 0.364. The minimum Gasteiger partial charge on any atom is -0.318 e. The number of likely N-dealkylation sites (N-methyl/N-ethyl adjacent to an activating group) is 1. The lowest BCUT2D eigenvalue weighted by Gasteiger charge is -2.24. The molecular formula is C12H14F4N2O2S. The van der Waals surface area contributed by atoms with Gasteiger partial charge in [0.1, 0.15) is 0 Å². The first-order chi connectivity index (χ1) is 9.80. The Bertz CT molecular complexity index is 625. The molecule has 1 saturated heterocycles. The maximum atomic E-state index is 13.7. The quantitative estimate of drug-likeness (QED) is 0.676. The summed E-state index contributed by atoms with van der Waals surface area (Å²) in [5.74, 6) is -7.28. The van der Waals surface area contributed by atoms with Gasteiger partial charge in [0.15, 0.2) is 28.2 Å². The van der Waals surface area contributed by atoms with Crippen LogP contribution in [0.2, 0.25) is 0 Å². The zero-order valence-corrected chi connectivity index (χ0v) is 12.0. The monoisotopic (exact) mass is 326 g/mol. The van der Waals surface area contributed by atoms with E-state index in [9.17, 15) is 26.0 Å². The minimum absolute atomic E-state index is 0.0151. The molecule has 118 valence electrons. The van der Waals surface area contributed by atoms with Crippen molar-refractivity contribution in [1.29, 1.82) is 0 Å². The molecule has 0 amide bonds. The van der Waals surface area contributed by atoms with E-state index in [2.05, 4.69) is 5.32 Å². The zero-order valence-electron chi connectivity index (χ0n) is 11.2. The molecule has 0 bridgehead atoms. The van der Waals surface area contributed by atoms with Crippen LogP contribution in [0.3, 0.4) is 0 Å². The Morgan fingerprint density at radius 1 is 1.24 bits per heavy atom. The molecule has 1 atom stereocenters. The van der Waals surface area contributed by atoms with Gasteiger partial charge in [0, 0.05) is 25.2 Å². The van der Waals surface area contributed by atoms with Gasteiger partial charge in [0.05, 0.1) is 0 Å². The molecule has 2 rings (SSSR count).